The summed E-state index contributed by atoms with van der Waals surface area (Å²) in [6.07, 6.45) is 3.98. The molecule has 0 atom stereocenters. The van der Waals surface area contributed by atoms with E-state index in [4.69, 9.17) is 23.1 Å². The highest BCUT2D eigenvalue weighted by molar-refractivity contribution is 7.90. The zero-order valence-corrected chi connectivity index (χ0v) is 15.2. The second-order valence-electron chi connectivity index (χ2n) is 5.38. The number of nitrogens with two attached hydrogens (primary N) is 2. The molecule has 10 heteroatoms. The molecular weight excluding hydrogens is 376 g/mol. The number of hydrogen-bond donors (Lipinski definition) is 2. The second-order valence-corrected chi connectivity index (χ2v) is 7.53. The lowest BCUT2D eigenvalue weighted by molar-refractivity contribution is 0.588. The Morgan fingerprint density at radius 3 is 2.58 bits per heavy atom. The molecule has 3 aromatic rings. The Kier molecular flexibility index (Phi) is 4.66. The first-order valence-electron chi connectivity index (χ1n) is 7.42. The topological polar surface area (TPSA) is 129 Å². The molecule has 0 spiro atoms. The van der Waals surface area contributed by atoms with E-state index in [-0.39, 0.29) is 27.5 Å². The number of amidine groups is 1. The van der Waals surface area contributed by atoms with Gasteiger partial charge in [0.1, 0.15) is 5.84 Å². The van der Waals surface area contributed by atoms with E-state index >= 15 is 0 Å². The van der Waals surface area contributed by atoms with E-state index in [9.17, 15) is 8.42 Å². The quantitative estimate of drug-likeness (QED) is 0.398. The van der Waals surface area contributed by atoms with Gasteiger partial charge in [0.2, 0.25) is 5.28 Å². The van der Waals surface area contributed by atoms with Crippen LogP contribution in [0.2, 0.25) is 5.28 Å². The van der Waals surface area contributed by atoms with Crippen molar-refractivity contribution in [2.75, 3.05) is 0 Å². The van der Waals surface area contributed by atoms with Crippen molar-refractivity contribution >= 4 is 44.3 Å². The molecule has 0 radical (unpaired) electrons. The van der Waals surface area contributed by atoms with E-state index in [0.717, 1.165) is 9.54 Å². The number of rotatable bonds is 4. The number of fused-ring (bicyclic) bond motifs is 1. The normalized spacial score (nSPS) is 12.9. The largest absolute Gasteiger partial charge is 0.404 e. The molecule has 134 valence electrons. The van der Waals surface area contributed by atoms with Crippen LogP contribution >= 0.6 is 11.6 Å². The Bertz CT molecular complexity index is 1130. The van der Waals surface area contributed by atoms with Crippen LogP contribution in [-0.2, 0) is 10.0 Å². The lowest BCUT2D eigenvalue weighted by Gasteiger charge is -2.08. The molecule has 26 heavy (non-hydrogen) atoms. The van der Waals surface area contributed by atoms with Crippen molar-refractivity contribution in [3.05, 3.63) is 59.7 Å². The molecule has 0 saturated heterocycles. The fourth-order valence-electron chi connectivity index (χ4n) is 2.31. The first kappa shape index (κ1) is 17.9. The number of hydrogen-bond acceptors (Lipinski definition) is 6. The Morgan fingerprint density at radius 1 is 1.23 bits per heavy atom. The van der Waals surface area contributed by atoms with Gasteiger partial charge in [-0.25, -0.2) is 17.4 Å². The maximum absolute atomic E-state index is 12.9. The van der Waals surface area contributed by atoms with Crippen LogP contribution in [0, 0.1) is 6.92 Å². The zero-order valence-electron chi connectivity index (χ0n) is 13.7. The standard InChI is InChI=1S/C16H15ClN6O2S/c1-10-2-4-11(5-3-10)26(24,25)23-9-7-12-14(20-13(19)6-8-18)21-16(17)22-15(12)23/h2-9H,18H2,1H3,(H2,19,20,21,22). The summed E-state index contributed by atoms with van der Waals surface area (Å²) in [4.78, 5) is 12.3. The van der Waals surface area contributed by atoms with E-state index in [1.165, 1.54) is 36.7 Å². The molecule has 0 bridgehead atoms. The first-order valence-corrected chi connectivity index (χ1v) is 9.24. The lowest BCUT2D eigenvalue weighted by atomic mass is 10.2. The summed E-state index contributed by atoms with van der Waals surface area (Å²) in [5, 5.41) is 0.235. The summed E-state index contributed by atoms with van der Waals surface area (Å²) in [5.41, 5.74) is 12.0. The lowest BCUT2D eigenvalue weighted by Crippen LogP contribution is -2.12. The van der Waals surface area contributed by atoms with Crippen molar-refractivity contribution in [1.82, 2.24) is 13.9 Å². The zero-order chi connectivity index (χ0) is 18.9. The van der Waals surface area contributed by atoms with E-state index in [1.807, 2.05) is 6.92 Å². The average molecular weight is 391 g/mol. The van der Waals surface area contributed by atoms with Gasteiger partial charge in [0.25, 0.3) is 10.0 Å². The third-order valence-corrected chi connectivity index (χ3v) is 5.39. The number of halogens is 1. The Balaban J connectivity index is 2.22. The Morgan fingerprint density at radius 2 is 1.92 bits per heavy atom. The highest BCUT2D eigenvalue weighted by Crippen LogP contribution is 2.28. The van der Waals surface area contributed by atoms with Crippen molar-refractivity contribution in [3.63, 3.8) is 0 Å². The molecule has 0 unspecified atom stereocenters. The van der Waals surface area contributed by atoms with Crippen molar-refractivity contribution < 1.29 is 8.42 Å². The van der Waals surface area contributed by atoms with Gasteiger partial charge in [0.05, 0.1) is 10.3 Å². The smallest absolute Gasteiger partial charge is 0.269 e. The van der Waals surface area contributed by atoms with E-state index in [1.54, 1.807) is 12.1 Å². The highest BCUT2D eigenvalue weighted by Gasteiger charge is 2.21. The van der Waals surface area contributed by atoms with Crippen LogP contribution < -0.4 is 11.5 Å². The summed E-state index contributed by atoms with van der Waals surface area (Å²) in [6.45, 7) is 1.87. The van der Waals surface area contributed by atoms with Gasteiger partial charge in [-0.3, -0.25) is 0 Å². The molecule has 0 aliphatic carbocycles. The van der Waals surface area contributed by atoms with Gasteiger partial charge in [-0.1, -0.05) is 17.7 Å². The predicted molar refractivity (Wildman–Crippen MR) is 101 cm³/mol. The van der Waals surface area contributed by atoms with Crippen LogP contribution in [0.25, 0.3) is 11.0 Å². The number of aryl methyl sites for hydroxylation is 1. The number of aromatic nitrogens is 3. The molecule has 0 saturated carbocycles. The van der Waals surface area contributed by atoms with Gasteiger partial charge in [0.15, 0.2) is 11.5 Å². The fourth-order valence-corrected chi connectivity index (χ4v) is 3.77. The minimum absolute atomic E-state index is 0.0951. The van der Waals surface area contributed by atoms with Crippen LogP contribution in [0.4, 0.5) is 5.82 Å². The van der Waals surface area contributed by atoms with Crippen molar-refractivity contribution in [3.8, 4) is 0 Å². The third-order valence-electron chi connectivity index (χ3n) is 3.54. The summed E-state index contributed by atoms with van der Waals surface area (Å²) in [7, 11) is -3.86. The molecule has 3 rings (SSSR count). The van der Waals surface area contributed by atoms with E-state index in [0.29, 0.717) is 5.39 Å². The van der Waals surface area contributed by atoms with Crippen molar-refractivity contribution in [2.45, 2.75) is 11.8 Å². The van der Waals surface area contributed by atoms with Gasteiger partial charge >= 0.3 is 0 Å². The second kappa shape index (κ2) is 6.77. The SMILES string of the molecule is Cc1ccc(S(=O)(=O)n2ccc3c(N=C(N)C=CN)nc(Cl)nc32)cc1. The van der Waals surface area contributed by atoms with E-state index < -0.39 is 10.0 Å². The molecule has 0 fully saturated rings. The van der Waals surface area contributed by atoms with Crippen LogP contribution in [0.15, 0.2) is 58.7 Å². The molecule has 2 aromatic heterocycles. The first-order chi connectivity index (χ1) is 12.3. The fraction of sp³-hybridized carbons (Fsp3) is 0.0625. The molecule has 8 nitrogen and oxygen atoms in total. The van der Waals surface area contributed by atoms with Crippen LogP contribution in [0.1, 0.15) is 5.56 Å². The third kappa shape index (κ3) is 3.26. The van der Waals surface area contributed by atoms with Gasteiger partial charge < -0.3 is 11.5 Å². The van der Waals surface area contributed by atoms with E-state index in [2.05, 4.69) is 15.0 Å². The van der Waals surface area contributed by atoms with Gasteiger partial charge in [-0.05, 0) is 49.0 Å². The minimum Gasteiger partial charge on any atom is -0.404 e. The van der Waals surface area contributed by atoms with Crippen LogP contribution in [-0.4, -0.2) is 28.2 Å². The highest BCUT2D eigenvalue weighted by atomic mass is 35.5. The number of aliphatic imine (C=N–C) groups is 1. The van der Waals surface area contributed by atoms with Crippen molar-refractivity contribution in [2.24, 2.45) is 16.5 Å². The van der Waals surface area contributed by atoms with Gasteiger partial charge in [-0.2, -0.15) is 9.97 Å². The molecular formula is C16H15ClN6O2S. The van der Waals surface area contributed by atoms with Crippen molar-refractivity contribution in [1.29, 1.82) is 0 Å². The average Bonchev–Trinajstić information content (AvgIpc) is 3.00. The Labute approximate surface area is 154 Å². The summed E-state index contributed by atoms with van der Waals surface area (Å²) < 4.78 is 26.9. The molecule has 1 aromatic carbocycles. The maximum atomic E-state index is 12.9. The summed E-state index contributed by atoms with van der Waals surface area (Å²) in [6, 6.07) is 8.03. The monoisotopic (exact) mass is 390 g/mol. The van der Waals surface area contributed by atoms with Crippen LogP contribution in [0.5, 0.6) is 0 Å². The van der Waals surface area contributed by atoms with Crippen LogP contribution in [0.3, 0.4) is 0 Å². The molecule has 4 N–H and O–H groups in total. The molecule has 2 heterocycles. The number of nitrogens with zero attached hydrogens (tertiary/aromatic N) is 4. The Hall–Kier alpha value is -2.91. The molecule has 0 amide bonds. The summed E-state index contributed by atoms with van der Waals surface area (Å²) >= 11 is 5.95. The minimum atomic E-state index is -3.86. The molecule has 0 aliphatic rings. The molecule has 0 aliphatic heterocycles. The predicted octanol–water partition coefficient (Wildman–Crippen LogP) is 2.09. The summed E-state index contributed by atoms with van der Waals surface area (Å²) in [5.74, 6) is 0.242. The number of benzene rings is 1. The van der Waals surface area contributed by atoms with Gasteiger partial charge in [-0.15, -0.1) is 0 Å². The van der Waals surface area contributed by atoms with Gasteiger partial charge in [0, 0.05) is 6.20 Å². The maximum Gasteiger partial charge on any atom is 0.269 e.